The number of carboxylic acids is 1. The molecule has 0 saturated heterocycles. The smallest absolute Gasteiger partial charge is 0.475 e. The second-order valence-corrected chi connectivity index (χ2v) is 3.75. The Labute approximate surface area is 97.5 Å². The van der Waals surface area contributed by atoms with E-state index in [4.69, 9.17) is 15.6 Å². The van der Waals surface area contributed by atoms with E-state index >= 15 is 0 Å². The summed E-state index contributed by atoms with van der Waals surface area (Å²) in [6.07, 6.45) is -3.36. The molecule has 0 unspecified atom stereocenters. The van der Waals surface area contributed by atoms with E-state index in [-0.39, 0.29) is 0 Å². The highest BCUT2D eigenvalue weighted by Crippen LogP contribution is 2.23. The zero-order valence-corrected chi connectivity index (χ0v) is 9.05. The van der Waals surface area contributed by atoms with Crippen LogP contribution in [0.4, 0.5) is 18.9 Å². The Kier molecular flexibility index (Phi) is 3.89. The molecule has 0 amide bonds. The van der Waals surface area contributed by atoms with Crippen molar-refractivity contribution < 1.29 is 23.1 Å². The first-order valence-corrected chi connectivity index (χ1v) is 5.08. The van der Waals surface area contributed by atoms with Crippen molar-refractivity contribution in [1.82, 2.24) is 4.98 Å². The summed E-state index contributed by atoms with van der Waals surface area (Å²) >= 11 is 1.63. The number of halogens is 3. The number of alkyl halides is 3. The Balaban J connectivity index is 0.000000185. The number of hydrogen-bond donors (Lipinski definition) is 2. The molecule has 2 heterocycles. The minimum absolute atomic E-state index is 0.819. The van der Waals surface area contributed by atoms with Crippen LogP contribution in [0.3, 0.4) is 0 Å². The van der Waals surface area contributed by atoms with Gasteiger partial charge >= 0.3 is 12.1 Å². The largest absolute Gasteiger partial charge is 0.490 e. The lowest BCUT2D eigenvalue weighted by atomic mass is 10.4. The van der Waals surface area contributed by atoms with Gasteiger partial charge in [0.1, 0.15) is 0 Å². The number of nitrogen functional groups attached to an aromatic ring is 1. The summed E-state index contributed by atoms with van der Waals surface area (Å²) in [5.74, 6) is -2.76. The Morgan fingerprint density at radius 1 is 1.41 bits per heavy atom. The molecule has 0 fully saturated rings. The Morgan fingerprint density at radius 2 is 2.00 bits per heavy atom. The fraction of sp³-hybridized carbons (Fsp3) is 0.111. The van der Waals surface area contributed by atoms with Crippen molar-refractivity contribution in [3.8, 4) is 0 Å². The molecule has 0 aliphatic carbocycles. The summed E-state index contributed by atoms with van der Waals surface area (Å²) < 4.78 is 32.8. The number of aromatic nitrogens is 1. The fourth-order valence-electron chi connectivity index (χ4n) is 0.894. The van der Waals surface area contributed by atoms with Crippen LogP contribution in [-0.4, -0.2) is 22.2 Å². The summed E-state index contributed by atoms with van der Waals surface area (Å²) in [7, 11) is 0. The third-order valence-corrected chi connectivity index (χ3v) is 2.57. The van der Waals surface area contributed by atoms with Crippen LogP contribution in [0.5, 0.6) is 0 Å². The van der Waals surface area contributed by atoms with Crippen LogP contribution in [0.1, 0.15) is 0 Å². The van der Waals surface area contributed by atoms with E-state index in [1.54, 1.807) is 17.5 Å². The first-order valence-electron chi connectivity index (χ1n) is 4.20. The van der Waals surface area contributed by atoms with Gasteiger partial charge in [0.25, 0.3) is 0 Å². The monoisotopic (exact) mass is 264 g/mol. The van der Waals surface area contributed by atoms with Crippen LogP contribution < -0.4 is 5.73 Å². The summed E-state index contributed by atoms with van der Waals surface area (Å²) in [5, 5.41) is 9.12. The second-order valence-electron chi connectivity index (χ2n) is 2.84. The molecule has 0 aliphatic rings. The van der Waals surface area contributed by atoms with E-state index < -0.39 is 12.1 Å². The topological polar surface area (TPSA) is 76.2 Å². The number of hydrogen-bond acceptors (Lipinski definition) is 4. The van der Waals surface area contributed by atoms with Crippen molar-refractivity contribution in [2.75, 3.05) is 5.73 Å². The van der Waals surface area contributed by atoms with Crippen molar-refractivity contribution in [3.63, 3.8) is 0 Å². The fourth-order valence-corrected chi connectivity index (χ4v) is 1.67. The molecule has 0 atom stereocenters. The summed E-state index contributed by atoms with van der Waals surface area (Å²) in [6.45, 7) is 0. The van der Waals surface area contributed by atoms with Crippen LogP contribution in [0.2, 0.25) is 0 Å². The number of aliphatic carboxylic acids is 1. The highest BCUT2D eigenvalue weighted by atomic mass is 32.1. The van der Waals surface area contributed by atoms with Crippen LogP contribution in [0, 0.1) is 0 Å². The number of fused-ring (bicyclic) bond motifs is 1. The first kappa shape index (κ1) is 13.2. The van der Waals surface area contributed by atoms with Crippen molar-refractivity contribution in [2.45, 2.75) is 6.18 Å². The van der Waals surface area contributed by atoms with E-state index in [0.29, 0.717) is 0 Å². The molecule has 4 nitrogen and oxygen atoms in total. The number of nitrogens with two attached hydrogens (primary N) is 1. The number of carboxylic acid groups (broad SMARTS) is 1. The van der Waals surface area contributed by atoms with E-state index in [9.17, 15) is 13.2 Å². The third-order valence-electron chi connectivity index (χ3n) is 1.62. The van der Waals surface area contributed by atoms with Gasteiger partial charge in [0, 0.05) is 6.20 Å². The molecule has 0 spiro atoms. The summed E-state index contributed by atoms with van der Waals surface area (Å²) in [4.78, 5) is 13.0. The minimum atomic E-state index is -5.08. The van der Waals surface area contributed by atoms with Crippen molar-refractivity contribution >= 4 is 33.2 Å². The molecule has 0 saturated carbocycles. The zero-order valence-electron chi connectivity index (χ0n) is 8.23. The van der Waals surface area contributed by atoms with E-state index in [1.165, 1.54) is 0 Å². The lowest BCUT2D eigenvalue weighted by Gasteiger charge is -1.93. The normalized spacial score (nSPS) is 10.8. The number of rotatable bonds is 0. The molecule has 92 valence electrons. The molecule has 3 N–H and O–H groups in total. The van der Waals surface area contributed by atoms with E-state index in [1.807, 2.05) is 17.5 Å². The molecule has 2 aromatic heterocycles. The predicted molar refractivity (Wildman–Crippen MR) is 57.7 cm³/mol. The number of carbonyl (C=O) groups is 1. The molecule has 0 aliphatic heterocycles. The predicted octanol–water partition coefficient (Wildman–Crippen LogP) is 2.51. The van der Waals surface area contributed by atoms with Gasteiger partial charge in [-0.05, 0) is 17.5 Å². The maximum absolute atomic E-state index is 10.6. The molecule has 0 radical (unpaired) electrons. The van der Waals surface area contributed by atoms with E-state index in [0.717, 1.165) is 15.9 Å². The van der Waals surface area contributed by atoms with Crippen molar-refractivity contribution in [3.05, 3.63) is 23.7 Å². The molecule has 8 heteroatoms. The van der Waals surface area contributed by atoms with Gasteiger partial charge in [0.05, 0.1) is 15.9 Å². The highest BCUT2D eigenvalue weighted by Gasteiger charge is 2.38. The standard InChI is InChI=1S/C7H6N2S.C2HF3O2/c8-5-1-3-9-6-2-4-10-7(5)6;3-2(4,5)1(6)7/h1-4H,(H2,8,9);(H,6,7). The van der Waals surface area contributed by atoms with Gasteiger partial charge in [0.15, 0.2) is 0 Å². The minimum Gasteiger partial charge on any atom is -0.475 e. The average Bonchev–Trinajstić information content (AvgIpc) is 2.66. The molecule has 0 aromatic carbocycles. The van der Waals surface area contributed by atoms with Gasteiger partial charge < -0.3 is 10.8 Å². The summed E-state index contributed by atoms with van der Waals surface area (Å²) in [6, 6.07) is 3.79. The number of thiophene rings is 1. The maximum Gasteiger partial charge on any atom is 0.490 e. The van der Waals surface area contributed by atoms with Crippen molar-refractivity contribution in [1.29, 1.82) is 0 Å². The first-order chi connectivity index (χ1) is 7.82. The maximum atomic E-state index is 10.6. The quantitative estimate of drug-likeness (QED) is 0.766. The lowest BCUT2D eigenvalue weighted by Crippen LogP contribution is -2.21. The second kappa shape index (κ2) is 5.00. The lowest BCUT2D eigenvalue weighted by molar-refractivity contribution is -0.192. The SMILES string of the molecule is Nc1ccnc2ccsc12.O=C(O)C(F)(F)F. The highest BCUT2D eigenvalue weighted by molar-refractivity contribution is 7.17. The molecule has 2 rings (SSSR count). The van der Waals surface area contributed by atoms with Crippen LogP contribution in [-0.2, 0) is 4.79 Å². The van der Waals surface area contributed by atoms with E-state index in [2.05, 4.69) is 4.98 Å². The van der Waals surface area contributed by atoms with Gasteiger partial charge in [-0.15, -0.1) is 11.3 Å². The molecular formula is C9H7F3N2O2S. The van der Waals surface area contributed by atoms with Gasteiger partial charge in [-0.25, -0.2) is 4.79 Å². The van der Waals surface area contributed by atoms with Crippen LogP contribution in [0.25, 0.3) is 10.2 Å². The van der Waals surface area contributed by atoms with Gasteiger partial charge in [0.2, 0.25) is 0 Å². The molecular weight excluding hydrogens is 257 g/mol. The van der Waals surface area contributed by atoms with Gasteiger partial charge in [-0.1, -0.05) is 0 Å². The van der Waals surface area contributed by atoms with Gasteiger partial charge in [-0.2, -0.15) is 13.2 Å². The summed E-state index contributed by atoms with van der Waals surface area (Å²) in [5.41, 5.74) is 7.48. The number of pyridine rings is 1. The molecule has 0 bridgehead atoms. The van der Waals surface area contributed by atoms with Crippen LogP contribution >= 0.6 is 11.3 Å². The number of nitrogens with zero attached hydrogens (tertiary/aromatic N) is 1. The van der Waals surface area contributed by atoms with Crippen LogP contribution in [0.15, 0.2) is 23.7 Å². The molecule has 2 aromatic rings. The third kappa shape index (κ3) is 3.59. The number of anilines is 1. The Bertz CT molecular complexity index is 524. The Morgan fingerprint density at radius 3 is 2.47 bits per heavy atom. The van der Waals surface area contributed by atoms with Gasteiger partial charge in [-0.3, -0.25) is 4.98 Å². The van der Waals surface area contributed by atoms with Crippen molar-refractivity contribution in [2.24, 2.45) is 0 Å². The average molecular weight is 264 g/mol. The molecule has 17 heavy (non-hydrogen) atoms. The zero-order chi connectivity index (χ0) is 13.1. The Hall–Kier alpha value is -1.83.